The highest BCUT2D eigenvalue weighted by molar-refractivity contribution is 7.08. The van der Waals surface area contributed by atoms with Gasteiger partial charge in [0.25, 0.3) is 5.91 Å². The van der Waals surface area contributed by atoms with E-state index < -0.39 is 6.10 Å². The van der Waals surface area contributed by atoms with Crippen LogP contribution in [0.4, 0.5) is 0 Å². The summed E-state index contributed by atoms with van der Waals surface area (Å²) in [5, 5.41) is 17.2. The van der Waals surface area contributed by atoms with Gasteiger partial charge in [-0.3, -0.25) is 4.79 Å². The van der Waals surface area contributed by atoms with Crippen molar-refractivity contribution in [2.75, 3.05) is 20.8 Å². The van der Waals surface area contributed by atoms with Gasteiger partial charge < -0.3 is 19.9 Å². The molecular weight excluding hydrogens is 362 g/mol. The normalized spacial score (nSPS) is 11.7. The van der Waals surface area contributed by atoms with Crippen LogP contribution >= 0.6 is 11.3 Å². The van der Waals surface area contributed by atoms with Crippen LogP contribution in [-0.2, 0) is 0 Å². The Morgan fingerprint density at radius 2 is 1.85 bits per heavy atom. The van der Waals surface area contributed by atoms with Gasteiger partial charge in [0, 0.05) is 6.54 Å². The molecule has 1 atom stereocenters. The van der Waals surface area contributed by atoms with Gasteiger partial charge in [-0.15, -0.1) is 0 Å². The van der Waals surface area contributed by atoms with Crippen molar-refractivity contribution in [1.82, 2.24) is 5.32 Å². The minimum Gasteiger partial charge on any atom is -0.493 e. The second-order valence-corrected chi connectivity index (χ2v) is 6.68. The Balaban J connectivity index is 1.65. The van der Waals surface area contributed by atoms with Crippen molar-refractivity contribution < 1.29 is 19.4 Å². The molecule has 0 spiro atoms. The Morgan fingerprint density at radius 1 is 1.07 bits per heavy atom. The van der Waals surface area contributed by atoms with Crippen molar-refractivity contribution >= 4 is 17.2 Å². The lowest BCUT2D eigenvalue weighted by atomic mass is 10.0. The summed E-state index contributed by atoms with van der Waals surface area (Å²) in [6.45, 7) is 0.0942. The van der Waals surface area contributed by atoms with E-state index in [-0.39, 0.29) is 12.5 Å². The maximum Gasteiger partial charge on any atom is 0.255 e. The van der Waals surface area contributed by atoms with E-state index in [9.17, 15) is 9.90 Å². The molecule has 0 radical (unpaired) electrons. The molecule has 0 aliphatic carbocycles. The molecule has 0 aliphatic heterocycles. The van der Waals surface area contributed by atoms with Crippen molar-refractivity contribution in [2.45, 2.75) is 6.10 Å². The first-order chi connectivity index (χ1) is 13.1. The van der Waals surface area contributed by atoms with E-state index in [4.69, 9.17) is 9.47 Å². The molecule has 3 aromatic rings. The summed E-state index contributed by atoms with van der Waals surface area (Å²) in [5.41, 5.74) is 3.35. The molecule has 1 heterocycles. The van der Waals surface area contributed by atoms with Crippen molar-refractivity contribution in [3.05, 3.63) is 70.4 Å². The molecule has 6 heteroatoms. The van der Waals surface area contributed by atoms with E-state index in [0.717, 1.165) is 16.7 Å². The quantitative estimate of drug-likeness (QED) is 0.649. The number of benzene rings is 2. The van der Waals surface area contributed by atoms with Crippen LogP contribution in [0.1, 0.15) is 22.0 Å². The molecular formula is C21H21NO4S. The third kappa shape index (κ3) is 4.30. The monoisotopic (exact) mass is 383 g/mol. The fraction of sp³-hybridized carbons (Fsp3) is 0.190. The third-order valence-corrected chi connectivity index (χ3v) is 4.94. The molecule has 2 aromatic carbocycles. The molecule has 3 rings (SSSR count). The maximum atomic E-state index is 12.5. The molecule has 0 unspecified atom stereocenters. The highest BCUT2D eigenvalue weighted by Crippen LogP contribution is 2.30. The number of carbonyl (C=O) groups excluding carboxylic acids is 1. The number of para-hydroxylation sites is 1. The number of rotatable bonds is 7. The average molecular weight is 383 g/mol. The molecule has 0 saturated heterocycles. The number of aliphatic hydroxyl groups excluding tert-OH is 1. The smallest absolute Gasteiger partial charge is 0.255 e. The molecule has 2 N–H and O–H groups in total. The number of amides is 1. The van der Waals surface area contributed by atoms with E-state index in [0.29, 0.717) is 17.1 Å². The van der Waals surface area contributed by atoms with Crippen LogP contribution in [0.15, 0.2) is 59.3 Å². The molecule has 1 amide bonds. The summed E-state index contributed by atoms with van der Waals surface area (Å²) < 4.78 is 10.5. The van der Waals surface area contributed by atoms with Crippen molar-refractivity contribution in [3.8, 4) is 22.6 Å². The zero-order valence-electron chi connectivity index (χ0n) is 15.1. The van der Waals surface area contributed by atoms with Crippen LogP contribution in [-0.4, -0.2) is 31.8 Å². The largest absolute Gasteiger partial charge is 0.493 e. The SMILES string of the molecule is COc1cccc(C(=O)NC[C@H](O)c2ccc(-c3ccsc3)cc2)c1OC. The molecule has 0 aliphatic rings. The van der Waals surface area contributed by atoms with Gasteiger partial charge >= 0.3 is 0 Å². The first-order valence-electron chi connectivity index (χ1n) is 8.44. The lowest BCUT2D eigenvalue weighted by Crippen LogP contribution is -2.28. The average Bonchev–Trinajstić information content (AvgIpc) is 3.26. The summed E-state index contributed by atoms with van der Waals surface area (Å²) in [6.07, 6.45) is -0.804. The van der Waals surface area contributed by atoms with Gasteiger partial charge in [0.1, 0.15) is 0 Å². The minimum absolute atomic E-state index is 0.0942. The van der Waals surface area contributed by atoms with Crippen LogP contribution in [0, 0.1) is 0 Å². The van der Waals surface area contributed by atoms with E-state index in [2.05, 4.69) is 16.8 Å². The van der Waals surface area contributed by atoms with Gasteiger partial charge in [0.15, 0.2) is 11.5 Å². The number of methoxy groups -OCH3 is 2. The highest BCUT2D eigenvalue weighted by atomic mass is 32.1. The number of thiophene rings is 1. The Bertz CT molecular complexity index is 891. The Hall–Kier alpha value is -2.83. The van der Waals surface area contributed by atoms with Crippen LogP contribution in [0.5, 0.6) is 11.5 Å². The molecule has 140 valence electrons. The predicted molar refractivity (Wildman–Crippen MR) is 107 cm³/mol. The second-order valence-electron chi connectivity index (χ2n) is 5.90. The molecule has 0 saturated carbocycles. The molecule has 0 fully saturated rings. The van der Waals surface area contributed by atoms with Gasteiger partial charge in [-0.25, -0.2) is 0 Å². The van der Waals surface area contributed by atoms with E-state index in [1.54, 1.807) is 29.5 Å². The number of nitrogens with one attached hydrogen (secondary N) is 1. The third-order valence-electron chi connectivity index (χ3n) is 4.25. The first kappa shape index (κ1) is 18.9. The fourth-order valence-corrected chi connectivity index (χ4v) is 3.46. The van der Waals surface area contributed by atoms with Crippen molar-refractivity contribution in [2.24, 2.45) is 0 Å². The Morgan fingerprint density at radius 3 is 2.48 bits per heavy atom. The molecule has 0 bridgehead atoms. The summed E-state index contributed by atoms with van der Waals surface area (Å²) in [7, 11) is 3.00. The zero-order chi connectivity index (χ0) is 19.2. The van der Waals surface area contributed by atoms with Gasteiger partial charge in [-0.05, 0) is 45.6 Å². The van der Waals surface area contributed by atoms with Gasteiger partial charge in [0.2, 0.25) is 0 Å². The highest BCUT2D eigenvalue weighted by Gasteiger charge is 2.17. The maximum absolute atomic E-state index is 12.5. The van der Waals surface area contributed by atoms with Gasteiger partial charge in [-0.2, -0.15) is 11.3 Å². The predicted octanol–water partition coefficient (Wildman–Crippen LogP) is 3.90. The van der Waals surface area contributed by atoms with Crippen LogP contribution in [0.25, 0.3) is 11.1 Å². The van der Waals surface area contributed by atoms with Crippen LogP contribution in [0.3, 0.4) is 0 Å². The van der Waals surface area contributed by atoms with Gasteiger partial charge in [-0.1, -0.05) is 30.3 Å². The summed E-state index contributed by atoms with van der Waals surface area (Å²) >= 11 is 1.64. The van der Waals surface area contributed by atoms with Crippen LogP contribution < -0.4 is 14.8 Å². The second kappa shape index (κ2) is 8.70. The van der Waals surface area contributed by atoms with Crippen LogP contribution in [0.2, 0.25) is 0 Å². The first-order valence-corrected chi connectivity index (χ1v) is 9.38. The fourth-order valence-electron chi connectivity index (χ4n) is 2.79. The van der Waals surface area contributed by atoms with E-state index in [1.165, 1.54) is 14.2 Å². The topological polar surface area (TPSA) is 67.8 Å². The Labute approximate surface area is 162 Å². The van der Waals surface area contributed by atoms with E-state index >= 15 is 0 Å². The van der Waals surface area contributed by atoms with Gasteiger partial charge in [0.05, 0.1) is 25.9 Å². The number of aliphatic hydroxyl groups is 1. The number of carbonyl (C=O) groups is 1. The number of hydrogen-bond acceptors (Lipinski definition) is 5. The summed E-state index contributed by atoms with van der Waals surface area (Å²) in [4.78, 5) is 12.5. The minimum atomic E-state index is -0.804. The zero-order valence-corrected chi connectivity index (χ0v) is 16.0. The molecule has 1 aromatic heterocycles. The summed E-state index contributed by atoms with van der Waals surface area (Å²) in [5.74, 6) is 0.515. The van der Waals surface area contributed by atoms with Crippen molar-refractivity contribution in [1.29, 1.82) is 0 Å². The lowest BCUT2D eigenvalue weighted by Gasteiger charge is -2.15. The van der Waals surface area contributed by atoms with E-state index in [1.807, 2.05) is 29.6 Å². The molecule has 27 heavy (non-hydrogen) atoms. The number of hydrogen-bond donors (Lipinski definition) is 2. The molecule has 5 nitrogen and oxygen atoms in total. The standard InChI is InChI=1S/C21H21NO4S/c1-25-19-5-3-4-17(20(19)26-2)21(24)22-12-18(23)15-8-6-14(7-9-15)16-10-11-27-13-16/h3-11,13,18,23H,12H2,1-2H3,(H,22,24)/t18-/m0/s1. The number of ether oxygens (including phenoxy) is 2. The van der Waals surface area contributed by atoms with Crippen molar-refractivity contribution in [3.63, 3.8) is 0 Å². The summed E-state index contributed by atoms with van der Waals surface area (Å²) in [6, 6.07) is 14.8. The lowest BCUT2D eigenvalue weighted by molar-refractivity contribution is 0.0912. The Kier molecular flexibility index (Phi) is 6.11.